The molecule has 1 fully saturated rings. The lowest BCUT2D eigenvalue weighted by Gasteiger charge is -2.29. The predicted octanol–water partition coefficient (Wildman–Crippen LogP) is 0.840. The van der Waals surface area contributed by atoms with E-state index in [2.05, 4.69) is 22.4 Å². The van der Waals surface area contributed by atoms with Crippen molar-refractivity contribution in [2.24, 2.45) is 0 Å². The maximum Gasteiger partial charge on any atom is 0.0992 e. The van der Waals surface area contributed by atoms with E-state index < -0.39 is 0 Å². The van der Waals surface area contributed by atoms with E-state index in [-0.39, 0.29) is 0 Å². The van der Waals surface area contributed by atoms with E-state index in [4.69, 9.17) is 10.5 Å². The zero-order valence-electron chi connectivity index (χ0n) is 8.90. The minimum absolute atomic E-state index is 0.549. The Balaban J connectivity index is 2.33. The molecule has 0 spiro atoms. The van der Waals surface area contributed by atoms with Gasteiger partial charge in [-0.1, -0.05) is 0 Å². The zero-order chi connectivity index (χ0) is 11.4. The first-order valence-electron chi connectivity index (χ1n) is 5.24. The molecule has 0 atom stereocenters. The molecule has 80 valence electrons. The summed E-state index contributed by atoms with van der Waals surface area (Å²) in [5, 5.41) is 21.1. The zero-order valence-corrected chi connectivity index (χ0v) is 8.90. The minimum atomic E-state index is 0.549. The molecule has 4 nitrogen and oxygen atoms in total. The highest BCUT2D eigenvalue weighted by Crippen LogP contribution is 2.19. The molecular formula is C12H12N4. The Kier molecular flexibility index (Phi) is 3.05. The molecule has 1 aliphatic heterocycles. The molecule has 0 amide bonds. The van der Waals surface area contributed by atoms with Crippen LogP contribution in [0.5, 0.6) is 0 Å². The van der Waals surface area contributed by atoms with Gasteiger partial charge in [0, 0.05) is 31.9 Å². The summed E-state index contributed by atoms with van der Waals surface area (Å²) in [6.07, 6.45) is 0. The molecule has 1 N–H and O–H groups in total. The van der Waals surface area contributed by atoms with Gasteiger partial charge >= 0.3 is 0 Å². The lowest BCUT2D eigenvalue weighted by Crippen LogP contribution is -2.43. The van der Waals surface area contributed by atoms with Gasteiger partial charge in [0.1, 0.15) is 0 Å². The fourth-order valence-corrected chi connectivity index (χ4v) is 1.85. The normalized spacial score (nSPS) is 15.2. The van der Waals surface area contributed by atoms with Crippen molar-refractivity contribution in [3.05, 3.63) is 29.3 Å². The molecule has 0 aromatic heterocycles. The molecule has 1 saturated heterocycles. The minimum Gasteiger partial charge on any atom is -0.369 e. The first-order valence-corrected chi connectivity index (χ1v) is 5.24. The van der Waals surface area contributed by atoms with Gasteiger partial charge in [-0.3, -0.25) is 0 Å². The summed E-state index contributed by atoms with van der Waals surface area (Å²) < 4.78 is 0. The van der Waals surface area contributed by atoms with Crippen molar-refractivity contribution in [3.63, 3.8) is 0 Å². The molecule has 2 rings (SSSR count). The summed E-state index contributed by atoms with van der Waals surface area (Å²) >= 11 is 0. The number of nitrogens with zero attached hydrogens (tertiary/aromatic N) is 3. The summed E-state index contributed by atoms with van der Waals surface area (Å²) in [5.41, 5.74) is 2.07. The number of nitriles is 2. The molecular weight excluding hydrogens is 200 g/mol. The summed E-state index contributed by atoms with van der Waals surface area (Å²) in [4.78, 5) is 2.19. The van der Waals surface area contributed by atoms with Gasteiger partial charge in [-0.25, -0.2) is 0 Å². The molecule has 0 radical (unpaired) electrons. The number of anilines is 1. The van der Waals surface area contributed by atoms with Gasteiger partial charge in [0.15, 0.2) is 0 Å². The number of benzene rings is 1. The average Bonchev–Trinajstić information content (AvgIpc) is 2.39. The Bertz CT molecular complexity index is 429. The average molecular weight is 212 g/mol. The van der Waals surface area contributed by atoms with Crippen LogP contribution in [-0.2, 0) is 0 Å². The molecule has 1 aliphatic rings. The van der Waals surface area contributed by atoms with E-state index in [1.165, 1.54) is 0 Å². The van der Waals surface area contributed by atoms with Crippen molar-refractivity contribution in [2.75, 3.05) is 31.1 Å². The van der Waals surface area contributed by atoms with Crippen molar-refractivity contribution in [1.29, 1.82) is 10.5 Å². The maximum atomic E-state index is 8.89. The first kappa shape index (κ1) is 10.5. The molecule has 1 heterocycles. The Labute approximate surface area is 94.7 Å². The molecule has 0 unspecified atom stereocenters. The van der Waals surface area contributed by atoms with E-state index in [0.717, 1.165) is 31.9 Å². The first-order chi connectivity index (χ1) is 7.83. The molecule has 1 aromatic rings. The summed E-state index contributed by atoms with van der Waals surface area (Å²) in [6, 6.07) is 9.47. The van der Waals surface area contributed by atoms with Crippen LogP contribution >= 0.6 is 0 Å². The molecule has 16 heavy (non-hydrogen) atoms. The molecule has 1 aromatic carbocycles. The second-order valence-corrected chi connectivity index (χ2v) is 3.73. The number of nitrogens with one attached hydrogen (secondary N) is 1. The standard InChI is InChI=1S/C12H12N4/c13-8-10-5-11(9-14)7-12(6-10)16-3-1-15-2-4-16/h5-7,15H,1-4H2. The van der Waals surface area contributed by atoms with Crippen LogP contribution in [0.3, 0.4) is 0 Å². The number of hydrogen-bond donors (Lipinski definition) is 1. The van der Waals surface area contributed by atoms with Crippen LogP contribution in [0, 0.1) is 22.7 Å². The maximum absolute atomic E-state index is 8.89. The van der Waals surface area contributed by atoms with Crippen molar-refractivity contribution in [3.8, 4) is 12.1 Å². The summed E-state index contributed by atoms with van der Waals surface area (Å²) in [6.45, 7) is 3.72. The fourth-order valence-electron chi connectivity index (χ4n) is 1.85. The van der Waals surface area contributed by atoms with Crippen LogP contribution in [0.25, 0.3) is 0 Å². The van der Waals surface area contributed by atoms with Crippen LogP contribution in [0.15, 0.2) is 18.2 Å². The van der Waals surface area contributed by atoms with Gasteiger partial charge in [-0.15, -0.1) is 0 Å². The van der Waals surface area contributed by atoms with E-state index in [1.807, 2.05) is 12.1 Å². The highest BCUT2D eigenvalue weighted by Gasteiger charge is 2.11. The van der Waals surface area contributed by atoms with Crippen molar-refractivity contribution >= 4 is 5.69 Å². The van der Waals surface area contributed by atoms with Gasteiger partial charge in [-0.2, -0.15) is 10.5 Å². The summed E-state index contributed by atoms with van der Waals surface area (Å²) in [7, 11) is 0. The Hall–Kier alpha value is -2.04. The smallest absolute Gasteiger partial charge is 0.0992 e. The van der Waals surface area contributed by atoms with Crippen LogP contribution in [0.2, 0.25) is 0 Å². The second kappa shape index (κ2) is 4.65. The third-order valence-electron chi connectivity index (χ3n) is 2.66. The molecule has 0 saturated carbocycles. The second-order valence-electron chi connectivity index (χ2n) is 3.73. The van der Waals surface area contributed by atoms with Gasteiger partial charge < -0.3 is 10.2 Å². The highest BCUT2D eigenvalue weighted by atomic mass is 15.2. The number of hydrogen-bond acceptors (Lipinski definition) is 4. The third-order valence-corrected chi connectivity index (χ3v) is 2.66. The largest absolute Gasteiger partial charge is 0.369 e. The Morgan fingerprint density at radius 3 is 2.06 bits per heavy atom. The lowest BCUT2D eigenvalue weighted by molar-refractivity contribution is 0.589. The fraction of sp³-hybridized carbons (Fsp3) is 0.333. The molecule has 0 aliphatic carbocycles. The van der Waals surface area contributed by atoms with E-state index in [9.17, 15) is 0 Å². The van der Waals surface area contributed by atoms with Crippen molar-refractivity contribution < 1.29 is 0 Å². The van der Waals surface area contributed by atoms with Gasteiger partial charge in [0.05, 0.1) is 23.3 Å². The lowest BCUT2D eigenvalue weighted by atomic mass is 10.1. The van der Waals surface area contributed by atoms with Crippen LogP contribution < -0.4 is 10.2 Å². The van der Waals surface area contributed by atoms with Gasteiger partial charge in [-0.05, 0) is 18.2 Å². The predicted molar refractivity (Wildman–Crippen MR) is 61.0 cm³/mol. The summed E-state index contributed by atoms with van der Waals surface area (Å²) in [5.74, 6) is 0. The van der Waals surface area contributed by atoms with Gasteiger partial charge in [0.25, 0.3) is 0 Å². The SMILES string of the molecule is N#Cc1cc(C#N)cc(N2CCNCC2)c1. The van der Waals surface area contributed by atoms with Crippen LogP contribution in [0.4, 0.5) is 5.69 Å². The van der Waals surface area contributed by atoms with E-state index in [0.29, 0.717) is 11.1 Å². The Morgan fingerprint density at radius 1 is 1.00 bits per heavy atom. The number of rotatable bonds is 1. The van der Waals surface area contributed by atoms with Crippen LogP contribution in [-0.4, -0.2) is 26.2 Å². The quantitative estimate of drug-likeness (QED) is 0.749. The van der Waals surface area contributed by atoms with E-state index >= 15 is 0 Å². The van der Waals surface area contributed by atoms with Gasteiger partial charge in [0.2, 0.25) is 0 Å². The number of piperazine rings is 1. The van der Waals surface area contributed by atoms with Crippen molar-refractivity contribution in [2.45, 2.75) is 0 Å². The monoisotopic (exact) mass is 212 g/mol. The topological polar surface area (TPSA) is 62.9 Å². The third kappa shape index (κ3) is 2.13. The molecule has 4 heteroatoms. The molecule has 0 bridgehead atoms. The van der Waals surface area contributed by atoms with Crippen molar-refractivity contribution in [1.82, 2.24) is 5.32 Å². The highest BCUT2D eigenvalue weighted by molar-refractivity contribution is 5.56. The van der Waals surface area contributed by atoms with E-state index in [1.54, 1.807) is 6.07 Å². The Morgan fingerprint density at radius 2 is 1.56 bits per heavy atom. The van der Waals surface area contributed by atoms with Crippen LogP contribution in [0.1, 0.15) is 11.1 Å².